The molecule has 1 saturated heterocycles. The summed E-state index contributed by atoms with van der Waals surface area (Å²) in [6.45, 7) is 1.52. The largest absolute Gasteiger partial charge is 0.465 e. The molecule has 1 unspecified atom stereocenters. The van der Waals surface area contributed by atoms with Gasteiger partial charge in [0.2, 0.25) is 0 Å². The molecule has 2 aliphatic rings. The number of hydrogen-bond acceptors (Lipinski definition) is 6. The fraction of sp³-hybridized carbons (Fsp3) is 0.312. The number of furan rings is 1. The highest BCUT2D eigenvalue weighted by atomic mass is 32.2. The molecule has 0 saturated carbocycles. The third-order valence-electron chi connectivity index (χ3n) is 4.18. The van der Waals surface area contributed by atoms with E-state index in [0.717, 1.165) is 4.90 Å². The lowest BCUT2D eigenvalue weighted by atomic mass is 9.93. The zero-order chi connectivity index (χ0) is 17.5. The second kappa shape index (κ2) is 5.76. The Kier molecular flexibility index (Phi) is 3.89. The number of nitrogens with zero attached hydrogens (tertiary/aromatic N) is 2. The number of rotatable bonds is 2. The first kappa shape index (κ1) is 16.2. The lowest BCUT2D eigenvalue weighted by Crippen LogP contribution is -2.49. The number of hydrogen-bond donors (Lipinski definition) is 0. The lowest BCUT2D eigenvalue weighted by molar-refractivity contribution is -0.142. The van der Waals surface area contributed by atoms with E-state index in [1.165, 1.54) is 19.3 Å². The van der Waals surface area contributed by atoms with Gasteiger partial charge in [-0.25, -0.2) is 8.42 Å². The molecule has 1 atom stereocenters. The van der Waals surface area contributed by atoms with Crippen molar-refractivity contribution in [2.75, 3.05) is 11.5 Å². The Morgan fingerprint density at radius 2 is 2.12 bits per heavy atom. The molecule has 3 rings (SSSR count). The molecule has 2 amide bonds. The van der Waals surface area contributed by atoms with Gasteiger partial charge in [-0.3, -0.25) is 14.5 Å². The van der Waals surface area contributed by atoms with E-state index in [1.54, 1.807) is 12.1 Å². The molecular weight excluding hydrogens is 332 g/mol. The van der Waals surface area contributed by atoms with E-state index < -0.39 is 27.7 Å². The van der Waals surface area contributed by atoms with E-state index in [0.29, 0.717) is 5.76 Å². The monoisotopic (exact) mass is 346 g/mol. The van der Waals surface area contributed by atoms with Gasteiger partial charge in [0.25, 0.3) is 11.8 Å². The average molecular weight is 346 g/mol. The molecule has 2 aliphatic heterocycles. The smallest absolute Gasteiger partial charge is 0.271 e. The van der Waals surface area contributed by atoms with Crippen molar-refractivity contribution in [2.45, 2.75) is 19.4 Å². The molecule has 0 aromatic carbocycles. The minimum atomic E-state index is -3.28. The van der Waals surface area contributed by atoms with Crippen LogP contribution in [0.1, 0.15) is 19.1 Å². The summed E-state index contributed by atoms with van der Waals surface area (Å²) in [6.07, 6.45) is 3.08. The van der Waals surface area contributed by atoms with E-state index in [1.807, 2.05) is 6.07 Å². The molecule has 0 radical (unpaired) electrons. The van der Waals surface area contributed by atoms with Crippen molar-refractivity contribution in [2.24, 2.45) is 0 Å². The average Bonchev–Trinajstić information content (AvgIpc) is 3.14. The van der Waals surface area contributed by atoms with Gasteiger partial charge in [-0.15, -0.1) is 0 Å². The van der Waals surface area contributed by atoms with Crippen LogP contribution in [0.4, 0.5) is 0 Å². The Labute approximate surface area is 138 Å². The first-order chi connectivity index (χ1) is 11.3. The van der Waals surface area contributed by atoms with Crippen molar-refractivity contribution < 1.29 is 22.4 Å². The van der Waals surface area contributed by atoms with Crippen LogP contribution in [-0.4, -0.2) is 42.7 Å². The van der Waals surface area contributed by atoms with Gasteiger partial charge in [0.05, 0.1) is 23.8 Å². The highest BCUT2D eigenvalue weighted by Crippen LogP contribution is 2.31. The van der Waals surface area contributed by atoms with Gasteiger partial charge in [0.1, 0.15) is 17.4 Å². The predicted octanol–water partition coefficient (Wildman–Crippen LogP) is 1.06. The zero-order valence-electron chi connectivity index (χ0n) is 12.9. The molecule has 1 aromatic heterocycles. The standard InChI is InChI=1S/C16H14N2O5S/c1-10-13(7-12-3-2-5-23-12)15(19)18(16(20)14(10)8-17)11-4-6-24(21,22)9-11/h2-3,5,7,11H,4,6,9H2,1H3/b13-7-. The molecule has 3 heterocycles. The number of amides is 2. The molecule has 0 N–H and O–H groups in total. The van der Waals surface area contributed by atoms with Gasteiger partial charge < -0.3 is 4.42 Å². The fourth-order valence-electron chi connectivity index (χ4n) is 2.93. The van der Waals surface area contributed by atoms with Crippen LogP contribution >= 0.6 is 0 Å². The highest BCUT2D eigenvalue weighted by Gasteiger charge is 2.43. The van der Waals surface area contributed by atoms with Gasteiger partial charge >= 0.3 is 0 Å². The molecule has 8 heteroatoms. The van der Waals surface area contributed by atoms with Crippen LogP contribution in [0.25, 0.3) is 6.08 Å². The summed E-state index contributed by atoms with van der Waals surface area (Å²) in [4.78, 5) is 26.2. The Hall–Kier alpha value is -2.66. The van der Waals surface area contributed by atoms with Crippen LogP contribution in [0.5, 0.6) is 0 Å². The van der Waals surface area contributed by atoms with Crippen molar-refractivity contribution >= 4 is 27.7 Å². The topological polar surface area (TPSA) is 108 Å². The van der Waals surface area contributed by atoms with E-state index in [2.05, 4.69) is 0 Å². The van der Waals surface area contributed by atoms with Crippen LogP contribution in [0.3, 0.4) is 0 Å². The summed E-state index contributed by atoms with van der Waals surface area (Å²) >= 11 is 0. The van der Waals surface area contributed by atoms with Crippen LogP contribution in [0.2, 0.25) is 0 Å². The molecule has 7 nitrogen and oxygen atoms in total. The second-order valence-electron chi connectivity index (χ2n) is 5.72. The maximum Gasteiger partial charge on any atom is 0.271 e. The van der Waals surface area contributed by atoms with Crippen molar-refractivity contribution in [1.82, 2.24) is 4.90 Å². The number of carbonyl (C=O) groups is 2. The molecule has 1 aromatic rings. The molecule has 24 heavy (non-hydrogen) atoms. The zero-order valence-corrected chi connectivity index (χ0v) is 13.7. The van der Waals surface area contributed by atoms with Crippen LogP contribution in [0, 0.1) is 11.3 Å². The van der Waals surface area contributed by atoms with E-state index in [4.69, 9.17) is 4.42 Å². The van der Waals surface area contributed by atoms with E-state index >= 15 is 0 Å². The van der Waals surface area contributed by atoms with Gasteiger partial charge in [0, 0.05) is 5.57 Å². The molecule has 0 aliphatic carbocycles. The molecular formula is C16H14N2O5S. The summed E-state index contributed by atoms with van der Waals surface area (Å²) in [7, 11) is -3.28. The Morgan fingerprint density at radius 1 is 1.38 bits per heavy atom. The normalized spacial score (nSPS) is 25.4. The molecule has 0 spiro atoms. The van der Waals surface area contributed by atoms with Crippen molar-refractivity contribution in [3.05, 3.63) is 40.9 Å². The van der Waals surface area contributed by atoms with Crippen molar-refractivity contribution in [3.63, 3.8) is 0 Å². The Balaban J connectivity index is 2.08. The Bertz CT molecular complexity index is 916. The minimum Gasteiger partial charge on any atom is -0.465 e. The minimum absolute atomic E-state index is 0.0729. The number of imide groups is 1. The number of nitriles is 1. The van der Waals surface area contributed by atoms with Gasteiger partial charge in [-0.05, 0) is 37.1 Å². The summed E-state index contributed by atoms with van der Waals surface area (Å²) in [5.41, 5.74) is 0.267. The van der Waals surface area contributed by atoms with Crippen LogP contribution in [0.15, 0.2) is 39.5 Å². The lowest BCUT2D eigenvalue weighted by Gasteiger charge is -2.31. The maximum absolute atomic E-state index is 12.8. The highest BCUT2D eigenvalue weighted by molar-refractivity contribution is 7.91. The summed E-state index contributed by atoms with van der Waals surface area (Å²) in [6, 6.07) is 4.37. The summed E-state index contributed by atoms with van der Waals surface area (Å²) in [5.74, 6) is -1.27. The van der Waals surface area contributed by atoms with Crippen molar-refractivity contribution in [1.29, 1.82) is 5.26 Å². The third kappa shape index (κ3) is 2.67. The second-order valence-corrected chi connectivity index (χ2v) is 7.95. The van der Waals surface area contributed by atoms with E-state index in [-0.39, 0.29) is 34.6 Å². The van der Waals surface area contributed by atoms with Crippen LogP contribution in [-0.2, 0) is 19.4 Å². The maximum atomic E-state index is 12.8. The quantitative estimate of drug-likeness (QED) is 0.585. The van der Waals surface area contributed by atoms with Gasteiger partial charge in [-0.1, -0.05) is 0 Å². The molecule has 124 valence electrons. The van der Waals surface area contributed by atoms with Gasteiger partial charge in [0.15, 0.2) is 9.84 Å². The number of carbonyl (C=O) groups excluding carboxylic acids is 2. The third-order valence-corrected chi connectivity index (χ3v) is 5.93. The SMILES string of the molecule is CC1=C(C#N)C(=O)N(C2CCS(=O)(=O)C2)C(=O)/C1=C\c1ccco1. The fourth-order valence-corrected chi connectivity index (χ4v) is 4.63. The summed E-state index contributed by atoms with van der Waals surface area (Å²) < 4.78 is 28.6. The van der Waals surface area contributed by atoms with Crippen molar-refractivity contribution in [3.8, 4) is 6.07 Å². The Morgan fingerprint density at radius 3 is 2.67 bits per heavy atom. The number of sulfone groups is 1. The molecule has 0 bridgehead atoms. The van der Waals surface area contributed by atoms with Crippen LogP contribution < -0.4 is 0 Å². The predicted molar refractivity (Wildman–Crippen MR) is 83.9 cm³/mol. The molecule has 1 fully saturated rings. The van der Waals surface area contributed by atoms with Gasteiger partial charge in [-0.2, -0.15) is 5.26 Å². The first-order valence-corrected chi connectivity index (χ1v) is 9.11. The first-order valence-electron chi connectivity index (χ1n) is 7.29. The van der Waals surface area contributed by atoms with E-state index in [9.17, 15) is 23.3 Å². The summed E-state index contributed by atoms with van der Waals surface area (Å²) in [5, 5.41) is 9.29.